The van der Waals surface area contributed by atoms with Crippen molar-refractivity contribution >= 4 is 11.6 Å². The number of aromatic nitrogens is 2. The van der Waals surface area contributed by atoms with Gasteiger partial charge in [-0.25, -0.2) is 9.37 Å². The van der Waals surface area contributed by atoms with Gasteiger partial charge in [0.2, 0.25) is 0 Å². The van der Waals surface area contributed by atoms with Crippen LogP contribution in [-0.4, -0.2) is 21.8 Å². The molecule has 1 aliphatic rings. The third-order valence-corrected chi connectivity index (χ3v) is 3.92. The molecular weight excluding hydrogens is 297 g/mol. The van der Waals surface area contributed by atoms with Crippen molar-refractivity contribution in [1.82, 2.24) is 9.38 Å². The van der Waals surface area contributed by atoms with Crippen LogP contribution in [0.25, 0.3) is 16.9 Å². The lowest BCUT2D eigenvalue weighted by molar-refractivity contribution is 0.0985. The van der Waals surface area contributed by atoms with Crippen LogP contribution in [0, 0.1) is 5.82 Å². The fourth-order valence-corrected chi connectivity index (χ4v) is 2.77. The SMILES string of the molecule is NCC1N=NC(=O)c2ccc(-c3cnc4ccc(F)cn34)cc21. The Morgan fingerprint density at radius 2 is 2.13 bits per heavy atom. The predicted octanol–water partition coefficient (Wildman–Crippen LogP) is 2.75. The van der Waals surface area contributed by atoms with Gasteiger partial charge in [0.15, 0.2) is 0 Å². The van der Waals surface area contributed by atoms with E-state index in [9.17, 15) is 9.18 Å². The van der Waals surface area contributed by atoms with Gasteiger partial charge >= 0.3 is 0 Å². The first-order chi connectivity index (χ1) is 11.2. The maximum atomic E-state index is 13.5. The van der Waals surface area contributed by atoms with Crippen molar-refractivity contribution in [2.24, 2.45) is 16.0 Å². The van der Waals surface area contributed by atoms with E-state index < -0.39 is 0 Å². The average molecular weight is 309 g/mol. The summed E-state index contributed by atoms with van der Waals surface area (Å²) in [5.41, 5.74) is 9.13. The lowest BCUT2D eigenvalue weighted by Crippen LogP contribution is -2.17. The topological polar surface area (TPSA) is 85.1 Å². The molecule has 0 saturated heterocycles. The van der Waals surface area contributed by atoms with Gasteiger partial charge in [0.1, 0.15) is 17.5 Å². The van der Waals surface area contributed by atoms with Crippen molar-refractivity contribution in [3.05, 3.63) is 59.7 Å². The van der Waals surface area contributed by atoms with Crippen LogP contribution >= 0.6 is 0 Å². The summed E-state index contributed by atoms with van der Waals surface area (Å²) in [6, 6.07) is 7.96. The minimum absolute atomic E-state index is 0.259. The smallest absolute Gasteiger partial charge is 0.295 e. The molecule has 2 N–H and O–H groups in total. The van der Waals surface area contributed by atoms with Gasteiger partial charge in [-0.15, -0.1) is 5.11 Å². The summed E-state index contributed by atoms with van der Waals surface area (Å²) in [4.78, 5) is 16.1. The molecule has 1 aliphatic heterocycles. The van der Waals surface area contributed by atoms with E-state index >= 15 is 0 Å². The van der Waals surface area contributed by atoms with Gasteiger partial charge in [0.25, 0.3) is 5.91 Å². The minimum Gasteiger partial charge on any atom is -0.328 e. The average Bonchev–Trinajstić information content (AvgIpc) is 2.98. The zero-order valence-electron chi connectivity index (χ0n) is 12.0. The molecule has 6 nitrogen and oxygen atoms in total. The van der Waals surface area contributed by atoms with Crippen LogP contribution in [0.2, 0.25) is 0 Å². The highest BCUT2D eigenvalue weighted by Crippen LogP contribution is 2.31. The molecule has 3 heterocycles. The molecule has 1 unspecified atom stereocenters. The van der Waals surface area contributed by atoms with Crippen LogP contribution in [-0.2, 0) is 0 Å². The number of nitrogens with two attached hydrogens (primary N) is 1. The van der Waals surface area contributed by atoms with E-state index in [1.807, 2.05) is 6.07 Å². The molecule has 0 aliphatic carbocycles. The molecule has 23 heavy (non-hydrogen) atoms. The molecule has 0 bridgehead atoms. The first kappa shape index (κ1) is 13.7. The highest BCUT2D eigenvalue weighted by atomic mass is 19.1. The molecule has 1 amide bonds. The van der Waals surface area contributed by atoms with Crippen LogP contribution in [0.4, 0.5) is 4.39 Å². The van der Waals surface area contributed by atoms with E-state index in [4.69, 9.17) is 5.73 Å². The number of hydrogen-bond acceptors (Lipinski definition) is 4. The molecule has 0 fully saturated rings. The van der Waals surface area contributed by atoms with Crippen LogP contribution in [0.15, 0.2) is 53.0 Å². The van der Waals surface area contributed by atoms with E-state index in [-0.39, 0.29) is 24.3 Å². The number of nitrogens with zero attached hydrogens (tertiary/aromatic N) is 4. The van der Waals surface area contributed by atoms with E-state index in [0.717, 1.165) is 16.8 Å². The number of rotatable bonds is 2. The first-order valence-electron chi connectivity index (χ1n) is 7.09. The zero-order valence-corrected chi connectivity index (χ0v) is 12.0. The molecule has 7 heteroatoms. The van der Waals surface area contributed by atoms with Crippen molar-refractivity contribution in [2.45, 2.75) is 6.04 Å². The highest BCUT2D eigenvalue weighted by Gasteiger charge is 2.23. The highest BCUT2D eigenvalue weighted by molar-refractivity contribution is 5.97. The Kier molecular flexibility index (Phi) is 3.02. The number of amides is 1. The molecular formula is C16H12FN5O. The summed E-state index contributed by atoms with van der Waals surface area (Å²) in [6.07, 6.45) is 3.04. The number of imidazole rings is 1. The third kappa shape index (κ3) is 2.13. The zero-order chi connectivity index (χ0) is 16.0. The molecule has 1 atom stereocenters. The Balaban J connectivity index is 1.90. The predicted molar refractivity (Wildman–Crippen MR) is 81.6 cm³/mol. The van der Waals surface area contributed by atoms with Crippen LogP contribution in [0.3, 0.4) is 0 Å². The number of fused-ring (bicyclic) bond motifs is 2. The van der Waals surface area contributed by atoms with Crippen LogP contribution < -0.4 is 5.73 Å². The second-order valence-electron chi connectivity index (χ2n) is 5.29. The van der Waals surface area contributed by atoms with Crippen molar-refractivity contribution < 1.29 is 9.18 Å². The number of benzene rings is 1. The number of halogens is 1. The Hall–Kier alpha value is -2.93. The second kappa shape index (κ2) is 5.06. The fourth-order valence-electron chi connectivity index (χ4n) is 2.77. The van der Waals surface area contributed by atoms with Gasteiger partial charge < -0.3 is 5.73 Å². The number of hydrogen-bond donors (Lipinski definition) is 1. The molecule has 2 aromatic heterocycles. The molecule has 4 rings (SSSR count). The van der Waals surface area contributed by atoms with Gasteiger partial charge in [-0.1, -0.05) is 6.07 Å². The standard InChI is InChI=1S/C16H12FN5O/c17-10-2-4-15-19-7-14(22(15)8-10)9-1-3-11-12(5-9)13(6-18)20-21-16(11)23/h1-5,7-8,13H,6,18H2. The maximum absolute atomic E-state index is 13.5. The summed E-state index contributed by atoms with van der Waals surface area (Å²) >= 11 is 0. The van der Waals surface area contributed by atoms with Crippen molar-refractivity contribution in [2.75, 3.05) is 6.54 Å². The maximum Gasteiger partial charge on any atom is 0.295 e. The quantitative estimate of drug-likeness (QED) is 0.789. The number of azo groups is 1. The Morgan fingerprint density at radius 1 is 1.26 bits per heavy atom. The summed E-state index contributed by atoms with van der Waals surface area (Å²) < 4.78 is 15.2. The Labute approximate surface area is 130 Å². The first-order valence-corrected chi connectivity index (χ1v) is 7.09. The van der Waals surface area contributed by atoms with Gasteiger partial charge in [0.05, 0.1) is 11.9 Å². The second-order valence-corrected chi connectivity index (χ2v) is 5.29. The molecule has 0 radical (unpaired) electrons. The van der Waals surface area contributed by atoms with E-state index in [0.29, 0.717) is 11.2 Å². The summed E-state index contributed by atoms with van der Waals surface area (Å²) in [7, 11) is 0. The van der Waals surface area contributed by atoms with E-state index in [1.54, 1.807) is 28.8 Å². The summed E-state index contributed by atoms with van der Waals surface area (Å²) in [5.74, 6) is -0.723. The van der Waals surface area contributed by atoms with Gasteiger partial charge in [-0.3, -0.25) is 9.20 Å². The Morgan fingerprint density at radius 3 is 2.96 bits per heavy atom. The van der Waals surface area contributed by atoms with Gasteiger partial charge in [-0.05, 0) is 29.8 Å². The number of carbonyl (C=O) groups excluding carboxylic acids is 1. The van der Waals surface area contributed by atoms with E-state index in [1.165, 1.54) is 12.3 Å². The van der Waals surface area contributed by atoms with Crippen molar-refractivity contribution in [3.63, 3.8) is 0 Å². The molecule has 0 spiro atoms. The largest absolute Gasteiger partial charge is 0.328 e. The number of carbonyl (C=O) groups is 1. The van der Waals surface area contributed by atoms with Gasteiger partial charge in [0, 0.05) is 23.9 Å². The Bertz CT molecular complexity index is 962. The third-order valence-electron chi connectivity index (χ3n) is 3.92. The molecule has 0 saturated carbocycles. The van der Waals surface area contributed by atoms with E-state index in [2.05, 4.69) is 15.2 Å². The minimum atomic E-state index is -0.375. The van der Waals surface area contributed by atoms with Crippen molar-refractivity contribution in [3.8, 4) is 11.3 Å². The summed E-state index contributed by atoms with van der Waals surface area (Å²) in [6.45, 7) is 0.259. The molecule has 3 aromatic rings. The van der Waals surface area contributed by atoms with Crippen molar-refractivity contribution in [1.29, 1.82) is 0 Å². The normalized spacial score (nSPS) is 16.8. The molecule has 114 valence electrons. The van der Waals surface area contributed by atoms with Gasteiger partial charge in [-0.2, -0.15) is 5.11 Å². The van der Waals surface area contributed by atoms with Crippen LogP contribution in [0.5, 0.6) is 0 Å². The summed E-state index contributed by atoms with van der Waals surface area (Å²) in [5, 5.41) is 7.55. The number of pyridine rings is 1. The van der Waals surface area contributed by atoms with Crippen LogP contribution in [0.1, 0.15) is 22.0 Å². The lowest BCUT2D eigenvalue weighted by atomic mass is 9.95. The molecule has 1 aromatic carbocycles. The lowest BCUT2D eigenvalue weighted by Gasteiger charge is -2.17. The fraction of sp³-hybridized carbons (Fsp3) is 0.125. The monoisotopic (exact) mass is 309 g/mol.